The van der Waals surface area contributed by atoms with Crippen LogP contribution in [0.2, 0.25) is 0 Å². The summed E-state index contributed by atoms with van der Waals surface area (Å²) >= 11 is 0. The SMILES string of the molecule is CCN1CCN(C(=O)c2ccc(N(C)S(=O)(=O)c3ccccc3)c(C)c2)CC1. The summed E-state index contributed by atoms with van der Waals surface area (Å²) in [5.74, 6) is -0.000951. The zero-order valence-corrected chi connectivity index (χ0v) is 17.4. The zero-order chi connectivity index (χ0) is 20.3. The molecule has 150 valence electrons. The van der Waals surface area contributed by atoms with Gasteiger partial charge in [0.2, 0.25) is 0 Å². The second kappa shape index (κ2) is 8.32. The fraction of sp³-hybridized carbons (Fsp3) is 0.381. The summed E-state index contributed by atoms with van der Waals surface area (Å²) in [6, 6.07) is 13.6. The normalized spacial score (nSPS) is 15.5. The van der Waals surface area contributed by atoms with E-state index < -0.39 is 10.0 Å². The summed E-state index contributed by atoms with van der Waals surface area (Å²) in [7, 11) is -2.11. The minimum atomic E-state index is -3.64. The van der Waals surface area contributed by atoms with E-state index in [-0.39, 0.29) is 10.8 Å². The second-order valence-corrected chi connectivity index (χ2v) is 8.98. The molecule has 0 bridgehead atoms. The molecule has 0 aromatic heterocycles. The highest BCUT2D eigenvalue weighted by Gasteiger charge is 2.24. The molecule has 0 spiro atoms. The first kappa shape index (κ1) is 20.4. The molecular weight excluding hydrogens is 374 g/mol. The van der Waals surface area contributed by atoms with Crippen LogP contribution >= 0.6 is 0 Å². The van der Waals surface area contributed by atoms with Gasteiger partial charge in [0.25, 0.3) is 15.9 Å². The van der Waals surface area contributed by atoms with Crippen LogP contribution in [0.15, 0.2) is 53.4 Å². The van der Waals surface area contributed by atoms with E-state index in [0.717, 1.165) is 38.3 Å². The number of aryl methyl sites for hydroxylation is 1. The number of sulfonamides is 1. The molecule has 0 N–H and O–H groups in total. The molecule has 0 unspecified atom stereocenters. The maximum atomic E-state index is 12.9. The molecule has 7 heteroatoms. The van der Waals surface area contributed by atoms with Gasteiger partial charge in [-0.1, -0.05) is 25.1 Å². The van der Waals surface area contributed by atoms with Crippen molar-refractivity contribution >= 4 is 21.6 Å². The van der Waals surface area contributed by atoms with Gasteiger partial charge in [-0.25, -0.2) is 8.42 Å². The highest BCUT2D eigenvalue weighted by Crippen LogP contribution is 2.26. The van der Waals surface area contributed by atoms with Crippen molar-refractivity contribution in [1.82, 2.24) is 9.80 Å². The molecule has 28 heavy (non-hydrogen) atoms. The number of piperazine rings is 1. The van der Waals surface area contributed by atoms with Gasteiger partial charge in [-0.3, -0.25) is 9.10 Å². The highest BCUT2D eigenvalue weighted by atomic mass is 32.2. The summed E-state index contributed by atoms with van der Waals surface area (Å²) in [6.45, 7) is 8.16. The van der Waals surface area contributed by atoms with Crippen LogP contribution in [0.1, 0.15) is 22.8 Å². The number of benzene rings is 2. The molecule has 0 saturated carbocycles. The number of hydrogen-bond donors (Lipinski definition) is 0. The first-order chi connectivity index (χ1) is 13.3. The van der Waals surface area contributed by atoms with Crippen LogP contribution in [0.5, 0.6) is 0 Å². The Hall–Kier alpha value is -2.38. The van der Waals surface area contributed by atoms with Crippen molar-refractivity contribution in [2.24, 2.45) is 0 Å². The monoisotopic (exact) mass is 401 g/mol. The molecule has 1 fully saturated rings. The Kier molecular flexibility index (Phi) is 6.05. The van der Waals surface area contributed by atoms with Gasteiger partial charge in [0.15, 0.2) is 0 Å². The van der Waals surface area contributed by atoms with Crippen molar-refractivity contribution in [3.8, 4) is 0 Å². The lowest BCUT2D eigenvalue weighted by atomic mass is 10.1. The summed E-state index contributed by atoms with van der Waals surface area (Å²) in [5, 5.41) is 0. The third-order valence-corrected chi connectivity index (χ3v) is 7.08. The van der Waals surface area contributed by atoms with Crippen molar-refractivity contribution < 1.29 is 13.2 Å². The van der Waals surface area contributed by atoms with Gasteiger partial charge in [0.05, 0.1) is 10.6 Å². The van der Waals surface area contributed by atoms with E-state index in [1.807, 2.05) is 11.8 Å². The quantitative estimate of drug-likeness (QED) is 0.773. The Morgan fingerprint density at radius 3 is 2.25 bits per heavy atom. The number of hydrogen-bond acceptors (Lipinski definition) is 4. The Bertz CT molecular complexity index is 937. The van der Waals surface area contributed by atoms with Gasteiger partial charge < -0.3 is 9.80 Å². The number of rotatable bonds is 5. The van der Waals surface area contributed by atoms with Crippen molar-refractivity contribution in [2.75, 3.05) is 44.1 Å². The van der Waals surface area contributed by atoms with Crippen LogP contribution in [-0.2, 0) is 10.0 Å². The molecule has 1 amide bonds. The first-order valence-electron chi connectivity index (χ1n) is 9.51. The van der Waals surface area contributed by atoms with Gasteiger partial charge in [0.1, 0.15) is 0 Å². The molecule has 1 aliphatic heterocycles. The predicted octanol–water partition coefficient (Wildman–Crippen LogP) is 2.60. The number of nitrogens with zero attached hydrogens (tertiary/aromatic N) is 3. The molecule has 1 aliphatic rings. The van der Waals surface area contributed by atoms with Gasteiger partial charge in [-0.05, 0) is 49.4 Å². The molecule has 6 nitrogen and oxygen atoms in total. The van der Waals surface area contributed by atoms with Crippen LogP contribution < -0.4 is 4.31 Å². The van der Waals surface area contributed by atoms with E-state index in [0.29, 0.717) is 11.3 Å². The second-order valence-electron chi connectivity index (χ2n) is 7.01. The van der Waals surface area contributed by atoms with E-state index in [2.05, 4.69) is 11.8 Å². The fourth-order valence-electron chi connectivity index (χ4n) is 3.47. The Morgan fingerprint density at radius 1 is 1.04 bits per heavy atom. The smallest absolute Gasteiger partial charge is 0.264 e. The van der Waals surface area contributed by atoms with Crippen molar-refractivity contribution in [1.29, 1.82) is 0 Å². The fourth-order valence-corrected chi connectivity index (χ4v) is 4.75. The maximum absolute atomic E-state index is 12.9. The Balaban J connectivity index is 1.80. The highest BCUT2D eigenvalue weighted by molar-refractivity contribution is 7.92. The molecule has 1 heterocycles. The summed E-state index contributed by atoms with van der Waals surface area (Å²) in [4.78, 5) is 17.3. The lowest BCUT2D eigenvalue weighted by molar-refractivity contribution is 0.0643. The third-order valence-electron chi connectivity index (χ3n) is 5.29. The van der Waals surface area contributed by atoms with Gasteiger partial charge in [0, 0.05) is 38.8 Å². The minimum absolute atomic E-state index is 0.000951. The number of anilines is 1. The zero-order valence-electron chi connectivity index (χ0n) is 16.6. The number of carbonyl (C=O) groups is 1. The Labute approximate surface area is 167 Å². The van der Waals surface area contributed by atoms with Gasteiger partial charge >= 0.3 is 0 Å². The van der Waals surface area contributed by atoms with E-state index in [9.17, 15) is 13.2 Å². The number of carbonyl (C=O) groups excluding carboxylic acids is 1. The average molecular weight is 402 g/mol. The van der Waals surface area contributed by atoms with Crippen LogP contribution in [0.4, 0.5) is 5.69 Å². The van der Waals surface area contributed by atoms with Crippen molar-refractivity contribution in [2.45, 2.75) is 18.7 Å². The molecule has 0 aliphatic carbocycles. The van der Waals surface area contributed by atoms with Crippen molar-refractivity contribution in [3.63, 3.8) is 0 Å². The summed E-state index contributed by atoms with van der Waals surface area (Å²) < 4.78 is 27.0. The van der Waals surface area contributed by atoms with E-state index in [1.165, 1.54) is 11.4 Å². The number of likely N-dealkylation sites (N-methyl/N-ethyl adjacent to an activating group) is 1. The third kappa shape index (κ3) is 4.05. The Morgan fingerprint density at radius 2 is 1.68 bits per heavy atom. The lowest BCUT2D eigenvalue weighted by Crippen LogP contribution is -2.48. The van der Waals surface area contributed by atoms with Gasteiger partial charge in [-0.2, -0.15) is 0 Å². The topological polar surface area (TPSA) is 60.9 Å². The first-order valence-corrected chi connectivity index (χ1v) is 10.9. The maximum Gasteiger partial charge on any atom is 0.264 e. The standard InChI is InChI=1S/C21H27N3O3S/c1-4-23-12-14-24(15-13-23)21(25)18-10-11-20(17(2)16-18)22(3)28(26,27)19-8-6-5-7-9-19/h5-11,16H,4,12-15H2,1-3H3. The predicted molar refractivity (Wildman–Crippen MR) is 111 cm³/mol. The van der Waals surface area contributed by atoms with Gasteiger partial charge in [-0.15, -0.1) is 0 Å². The molecule has 2 aromatic rings. The largest absolute Gasteiger partial charge is 0.336 e. The number of amides is 1. The van der Waals surface area contributed by atoms with E-state index >= 15 is 0 Å². The molecule has 3 rings (SSSR count). The van der Waals surface area contributed by atoms with Crippen LogP contribution in [-0.4, -0.2) is 63.9 Å². The van der Waals surface area contributed by atoms with Crippen molar-refractivity contribution in [3.05, 3.63) is 59.7 Å². The lowest BCUT2D eigenvalue weighted by Gasteiger charge is -2.34. The molecular formula is C21H27N3O3S. The average Bonchev–Trinajstić information content (AvgIpc) is 2.73. The molecule has 0 atom stereocenters. The molecule has 0 radical (unpaired) electrons. The van der Waals surface area contributed by atoms with Crippen LogP contribution in [0, 0.1) is 6.92 Å². The minimum Gasteiger partial charge on any atom is -0.336 e. The summed E-state index contributed by atoms with van der Waals surface area (Å²) in [5.41, 5.74) is 1.91. The van der Waals surface area contributed by atoms with E-state index in [1.54, 1.807) is 48.5 Å². The molecule has 2 aromatic carbocycles. The van der Waals surface area contributed by atoms with E-state index in [4.69, 9.17) is 0 Å². The molecule has 1 saturated heterocycles. The van der Waals surface area contributed by atoms with Crippen LogP contribution in [0.3, 0.4) is 0 Å². The van der Waals surface area contributed by atoms with Crippen LogP contribution in [0.25, 0.3) is 0 Å². The summed E-state index contributed by atoms with van der Waals surface area (Å²) in [6.07, 6.45) is 0.